The molecule has 1 atom stereocenters. The average Bonchev–Trinajstić information content (AvgIpc) is 2.43. The van der Waals surface area contributed by atoms with E-state index in [4.69, 9.17) is 23.2 Å². The molecule has 0 spiro atoms. The first-order chi connectivity index (χ1) is 10.3. The predicted octanol–water partition coefficient (Wildman–Crippen LogP) is 4.94. The number of benzene rings is 1. The summed E-state index contributed by atoms with van der Waals surface area (Å²) in [7, 11) is 0. The average molecular weight is 355 g/mol. The predicted molar refractivity (Wildman–Crippen MR) is 95.2 cm³/mol. The van der Waals surface area contributed by atoms with Gasteiger partial charge in [0.1, 0.15) is 21.3 Å². The van der Waals surface area contributed by atoms with E-state index in [1.807, 2.05) is 45.0 Å². The molecule has 116 valence electrons. The van der Waals surface area contributed by atoms with Crippen LogP contribution >= 0.6 is 23.2 Å². The maximum Gasteiger partial charge on any atom is 0.144 e. The Morgan fingerprint density at radius 3 is 2.55 bits per heavy atom. The summed E-state index contributed by atoms with van der Waals surface area (Å²) in [6.07, 6.45) is 1.56. The van der Waals surface area contributed by atoms with Crippen LogP contribution in [0.4, 0.5) is 0 Å². The van der Waals surface area contributed by atoms with E-state index < -0.39 is 16.1 Å². The van der Waals surface area contributed by atoms with E-state index in [1.54, 1.807) is 18.3 Å². The molecule has 0 aliphatic carbocycles. The van der Waals surface area contributed by atoms with Gasteiger partial charge in [-0.05, 0) is 45.0 Å². The maximum absolute atomic E-state index is 12.0. The van der Waals surface area contributed by atoms with Crippen molar-refractivity contribution in [3.63, 3.8) is 0 Å². The Balaban J connectivity index is 2.33. The van der Waals surface area contributed by atoms with Gasteiger partial charge in [0.25, 0.3) is 0 Å². The lowest BCUT2D eigenvalue weighted by molar-refractivity contribution is 0.562. The SMILES string of the molecule is CC(C)(C)[S+]([O-])/N=C/c1cc(Cl)nc(-c2cccc(Cl)c2)c1. The van der Waals surface area contributed by atoms with Crippen LogP contribution in [0.3, 0.4) is 0 Å². The molecule has 0 saturated carbocycles. The molecule has 0 bridgehead atoms. The number of hydrogen-bond donors (Lipinski definition) is 0. The maximum atomic E-state index is 12.0. The largest absolute Gasteiger partial charge is 0.591 e. The number of hydrogen-bond acceptors (Lipinski definition) is 3. The summed E-state index contributed by atoms with van der Waals surface area (Å²) in [6, 6.07) is 10.9. The van der Waals surface area contributed by atoms with E-state index in [0.717, 1.165) is 11.1 Å². The Bertz CT molecular complexity index is 699. The van der Waals surface area contributed by atoms with Gasteiger partial charge < -0.3 is 4.55 Å². The molecule has 0 aliphatic heterocycles. The van der Waals surface area contributed by atoms with Gasteiger partial charge >= 0.3 is 0 Å². The molecular weight excluding hydrogens is 339 g/mol. The van der Waals surface area contributed by atoms with Crippen molar-refractivity contribution in [2.75, 3.05) is 0 Å². The summed E-state index contributed by atoms with van der Waals surface area (Å²) in [5.41, 5.74) is 2.30. The Hall–Kier alpha value is -1.07. The second-order valence-electron chi connectivity index (χ2n) is 5.71. The number of aromatic nitrogens is 1. The van der Waals surface area contributed by atoms with Gasteiger partial charge in [-0.3, -0.25) is 0 Å². The highest BCUT2D eigenvalue weighted by Crippen LogP contribution is 2.24. The highest BCUT2D eigenvalue weighted by atomic mass is 35.5. The van der Waals surface area contributed by atoms with E-state index >= 15 is 0 Å². The first-order valence-corrected chi connectivity index (χ1v) is 8.51. The highest BCUT2D eigenvalue weighted by molar-refractivity contribution is 7.91. The molecular formula is C16H16Cl2N2OS. The molecule has 0 N–H and O–H groups in total. The molecule has 3 nitrogen and oxygen atoms in total. The van der Waals surface area contributed by atoms with Gasteiger partial charge in [-0.15, -0.1) is 0 Å². The highest BCUT2D eigenvalue weighted by Gasteiger charge is 2.25. The van der Waals surface area contributed by atoms with Crippen LogP contribution in [0.5, 0.6) is 0 Å². The van der Waals surface area contributed by atoms with Crippen LogP contribution in [0.2, 0.25) is 10.2 Å². The van der Waals surface area contributed by atoms with Gasteiger partial charge in [0.2, 0.25) is 0 Å². The summed E-state index contributed by atoms with van der Waals surface area (Å²) in [6.45, 7) is 5.62. The van der Waals surface area contributed by atoms with Crippen molar-refractivity contribution >= 4 is 40.8 Å². The number of nitrogens with zero attached hydrogens (tertiary/aromatic N) is 2. The zero-order valence-electron chi connectivity index (χ0n) is 12.5. The number of rotatable bonds is 3. The minimum absolute atomic E-state index is 0.348. The molecule has 1 unspecified atom stereocenters. The summed E-state index contributed by atoms with van der Waals surface area (Å²) in [5, 5.41) is 0.976. The van der Waals surface area contributed by atoms with Crippen molar-refractivity contribution in [2.24, 2.45) is 4.40 Å². The molecule has 0 fully saturated rings. The molecule has 0 amide bonds. The van der Waals surface area contributed by atoms with Crippen molar-refractivity contribution in [1.29, 1.82) is 0 Å². The van der Waals surface area contributed by atoms with Crippen molar-refractivity contribution in [3.05, 3.63) is 52.1 Å². The topological polar surface area (TPSA) is 48.3 Å². The third-order valence-corrected chi connectivity index (χ3v) is 4.53. The van der Waals surface area contributed by atoms with Crippen LogP contribution in [0.15, 0.2) is 40.8 Å². The van der Waals surface area contributed by atoms with Gasteiger partial charge in [0.05, 0.1) is 11.9 Å². The molecule has 1 aromatic carbocycles. The molecule has 6 heteroatoms. The van der Waals surface area contributed by atoms with Crippen molar-refractivity contribution in [3.8, 4) is 11.3 Å². The zero-order valence-corrected chi connectivity index (χ0v) is 14.8. The quantitative estimate of drug-likeness (QED) is 0.445. The Labute approximate surface area is 143 Å². The fraction of sp³-hybridized carbons (Fsp3) is 0.250. The monoisotopic (exact) mass is 354 g/mol. The molecule has 0 radical (unpaired) electrons. The standard InChI is InChI=1S/C16H16Cl2N2OS/c1-16(2,3)22(21)19-10-11-7-14(20-15(18)8-11)12-5-4-6-13(17)9-12/h4-10H,1-3H3/b19-10+. The Morgan fingerprint density at radius 2 is 1.91 bits per heavy atom. The second kappa shape index (κ2) is 7.01. The lowest BCUT2D eigenvalue weighted by Gasteiger charge is -2.17. The normalized spacial score (nSPS) is 13.5. The summed E-state index contributed by atoms with van der Waals surface area (Å²) in [5.74, 6) is 0. The van der Waals surface area contributed by atoms with Crippen molar-refractivity contribution in [2.45, 2.75) is 25.5 Å². The molecule has 22 heavy (non-hydrogen) atoms. The van der Waals surface area contributed by atoms with E-state index in [9.17, 15) is 4.55 Å². The van der Waals surface area contributed by atoms with Crippen LogP contribution in [0, 0.1) is 0 Å². The van der Waals surface area contributed by atoms with Crippen LogP contribution in [0.1, 0.15) is 26.3 Å². The number of halogens is 2. The third kappa shape index (κ3) is 4.71. The summed E-state index contributed by atoms with van der Waals surface area (Å²) in [4.78, 5) is 4.29. The molecule has 1 aromatic heterocycles. The zero-order chi connectivity index (χ0) is 16.3. The van der Waals surface area contributed by atoms with Crippen molar-refractivity contribution in [1.82, 2.24) is 4.98 Å². The van der Waals surface area contributed by atoms with Crippen LogP contribution in [0.25, 0.3) is 11.3 Å². The minimum Gasteiger partial charge on any atom is -0.591 e. The fourth-order valence-corrected chi connectivity index (χ4v) is 2.59. The van der Waals surface area contributed by atoms with Gasteiger partial charge in [-0.1, -0.05) is 39.7 Å². The molecule has 2 rings (SSSR count). The lowest BCUT2D eigenvalue weighted by atomic mass is 10.1. The van der Waals surface area contributed by atoms with Crippen LogP contribution in [-0.4, -0.2) is 20.5 Å². The molecule has 1 heterocycles. The Kier molecular flexibility index (Phi) is 5.50. The summed E-state index contributed by atoms with van der Waals surface area (Å²) < 4.78 is 15.7. The van der Waals surface area contributed by atoms with E-state index in [0.29, 0.717) is 15.9 Å². The first-order valence-electron chi connectivity index (χ1n) is 6.65. The van der Waals surface area contributed by atoms with Crippen molar-refractivity contribution < 1.29 is 4.55 Å². The first kappa shape index (κ1) is 17.3. The molecule has 0 aliphatic rings. The lowest BCUT2D eigenvalue weighted by Crippen LogP contribution is -2.25. The van der Waals surface area contributed by atoms with Gasteiger partial charge in [0.15, 0.2) is 0 Å². The molecule has 2 aromatic rings. The second-order valence-corrected chi connectivity index (χ2v) is 8.47. The van der Waals surface area contributed by atoms with Gasteiger partial charge in [-0.2, -0.15) is 0 Å². The Morgan fingerprint density at radius 1 is 1.18 bits per heavy atom. The third-order valence-electron chi connectivity index (χ3n) is 2.76. The minimum atomic E-state index is -1.31. The van der Waals surface area contributed by atoms with Gasteiger partial charge in [0, 0.05) is 16.1 Å². The van der Waals surface area contributed by atoms with E-state index in [1.165, 1.54) is 0 Å². The fourth-order valence-electron chi connectivity index (χ4n) is 1.65. The van der Waals surface area contributed by atoms with Gasteiger partial charge in [-0.25, -0.2) is 4.98 Å². The number of pyridine rings is 1. The smallest absolute Gasteiger partial charge is 0.144 e. The van der Waals surface area contributed by atoms with Crippen LogP contribution < -0.4 is 0 Å². The molecule has 0 saturated heterocycles. The van der Waals surface area contributed by atoms with E-state index in [2.05, 4.69) is 9.38 Å². The van der Waals surface area contributed by atoms with E-state index in [-0.39, 0.29) is 0 Å². The summed E-state index contributed by atoms with van der Waals surface area (Å²) >= 11 is 10.7. The van der Waals surface area contributed by atoms with Crippen LogP contribution in [-0.2, 0) is 11.4 Å².